The van der Waals surface area contributed by atoms with E-state index in [4.69, 9.17) is 0 Å². The highest BCUT2D eigenvalue weighted by Crippen LogP contribution is 2.30. The second kappa shape index (κ2) is 8.03. The van der Waals surface area contributed by atoms with Crippen molar-refractivity contribution < 1.29 is 14.4 Å². The van der Waals surface area contributed by atoms with Gasteiger partial charge < -0.3 is 20.4 Å². The lowest BCUT2D eigenvalue weighted by Gasteiger charge is -2.29. The number of piperazine rings is 1. The maximum atomic E-state index is 13.2. The van der Waals surface area contributed by atoms with Gasteiger partial charge in [0.1, 0.15) is 11.9 Å². The van der Waals surface area contributed by atoms with Crippen LogP contribution in [0.5, 0.6) is 0 Å². The van der Waals surface area contributed by atoms with E-state index in [9.17, 15) is 14.4 Å². The largest absolute Gasteiger partial charge is 0.366 e. The van der Waals surface area contributed by atoms with Crippen molar-refractivity contribution >= 4 is 29.4 Å². The molecule has 0 aliphatic carbocycles. The Morgan fingerprint density at radius 3 is 2.81 bits per heavy atom. The van der Waals surface area contributed by atoms with Crippen LogP contribution in [0.3, 0.4) is 0 Å². The van der Waals surface area contributed by atoms with Crippen LogP contribution in [0.2, 0.25) is 0 Å². The summed E-state index contributed by atoms with van der Waals surface area (Å²) in [5.74, 6) is 0.860. The van der Waals surface area contributed by atoms with Crippen LogP contribution in [0.1, 0.15) is 34.3 Å². The first-order valence-corrected chi connectivity index (χ1v) is 10.6. The minimum atomic E-state index is -0.604. The summed E-state index contributed by atoms with van der Waals surface area (Å²) in [6.07, 6.45) is 0.612. The van der Waals surface area contributed by atoms with Crippen LogP contribution < -0.4 is 20.9 Å². The topological polar surface area (TPSA) is 122 Å². The second-order valence-electron chi connectivity index (χ2n) is 8.08. The number of aromatic nitrogens is 2. The highest BCUT2D eigenvalue weighted by atomic mass is 16.2. The number of benzene rings is 1. The van der Waals surface area contributed by atoms with Gasteiger partial charge in [0.25, 0.3) is 5.91 Å². The van der Waals surface area contributed by atoms with Crippen molar-refractivity contribution in [2.24, 2.45) is 0 Å². The van der Waals surface area contributed by atoms with E-state index in [1.807, 2.05) is 24.3 Å². The van der Waals surface area contributed by atoms with Gasteiger partial charge in [-0.15, -0.1) is 0 Å². The fourth-order valence-electron chi connectivity index (χ4n) is 4.49. The van der Waals surface area contributed by atoms with Crippen molar-refractivity contribution in [2.45, 2.75) is 32.0 Å². The van der Waals surface area contributed by atoms with E-state index in [1.165, 1.54) is 0 Å². The lowest BCUT2D eigenvalue weighted by molar-refractivity contribution is -0.136. The van der Waals surface area contributed by atoms with Gasteiger partial charge in [-0.2, -0.15) is 5.10 Å². The second-order valence-corrected chi connectivity index (χ2v) is 8.08. The average molecular weight is 423 g/mol. The Bertz CT molecular complexity index is 1030. The van der Waals surface area contributed by atoms with Gasteiger partial charge in [0.05, 0.1) is 0 Å². The smallest absolute Gasteiger partial charge is 0.255 e. The molecule has 1 aromatic carbocycles. The van der Waals surface area contributed by atoms with E-state index < -0.39 is 11.9 Å². The van der Waals surface area contributed by atoms with Gasteiger partial charge in [-0.1, -0.05) is 18.2 Å². The van der Waals surface area contributed by atoms with Gasteiger partial charge in [0.15, 0.2) is 5.82 Å². The van der Waals surface area contributed by atoms with E-state index >= 15 is 0 Å². The SMILES string of the molecule is O=C1CCC(N2Cc3cccc(CNc4cc(N5CCNCC5)n[nH]4)c3C2=O)C(=O)N1. The van der Waals surface area contributed by atoms with Crippen molar-refractivity contribution in [2.75, 3.05) is 36.4 Å². The van der Waals surface area contributed by atoms with Crippen LogP contribution >= 0.6 is 0 Å². The Hall–Kier alpha value is -3.40. The molecule has 0 spiro atoms. The van der Waals surface area contributed by atoms with Crippen LogP contribution in [0, 0.1) is 0 Å². The first kappa shape index (κ1) is 19.6. The molecule has 4 heterocycles. The zero-order valence-electron chi connectivity index (χ0n) is 17.1. The maximum Gasteiger partial charge on any atom is 0.255 e. The van der Waals surface area contributed by atoms with E-state index in [2.05, 4.69) is 31.0 Å². The number of hydrogen-bond donors (Lipinski definition) is 4. The van der Waals surface area contributed by atoms with Crippen molar-refractivity contribution in [1.29, 1.82) is 0 Å². The number of amides is 3. The molecule has 2 fully saturated rings. The Balaban J connectivity index is 1.28. The van der Waals surface area contributed by atoms with Gasteiger partial charge in [0.2, 0.25) is 11.8 Å². The standard InChI is InChI=1S/C21H25N7O3/c29-18-5-4-15(20(30)24-18)28-12-14-3-1-2-13(19(14)21(28)31)11-23-16-10-17(26-25-16)27-8-6-22-7-9-27/h1-3,10,15,22H,4-9,11-12H2,(H2,23,25,26)(H,24,29,30). The predicted octanol–water partition coefficient (Wildman–Crippen LogP) is 0.192. The van der Waals surface area contributed by atoms with Crippen LogP contribution in [0.25, 0.3) is 0 Å². The lowest BCUT2D eigenvalue weighted by Crippen LogP contribution is -2.52. The number of aromatic amines is 1. The third-order valence-electron chi connectivity index (χ3n) is 6.11. The van der Waals surface area contributed by atoms with Crippen LogP contribution in [0.15, 0.2) is 24.3 Å². The van der Waals surface area contributed by atoms with E-state index in [0.717, 1.165) is 48.9 Å². The molecule has 2 aromatic rings. The molecule has 0 radical (unpaired) electrons. The lowest BCUT2D eigenvalue weighted by atomic mass is 10.0. The Labute approximate surface area is 179 Å². The summed E-state index contributed by atoms with van der Waals surface area (Å²) in [5, 5.41) is 16.4. The Morgan fingerprint density at radius 2 is 2.00 bits per heavy atom. The molecule has 0 bridgehead atoms. The first-order chi connectivity index (χ1) is 15.1. The summed E-state index contributed by atoms with van der Waals surface area (Å²) in [7, 11) is 0. The Kier molecular flexibility index (Phi) is 5.06. The molecule has 31 heavy (non-hydrogen) atoms. The number of carbonyl (C=O) groups is 3. The third-order valence-corrected chi connectivity index (χ3v) is 6.11. The number of carbonyl (C=O) groups excluding carboxylic acids is 3. The number of imide groups is 1. The van der Waals surface area contributed by atoms with Crippen LogP contribution in [-0.4, -0.2) is 65.0 Å². The van der Waals surface area contributed by atoms with Crippen molar-refractivity contribution in [3.8, 4) is 0 Å². The van der Waals surface area contributed by atoms with Gasteiger partial charge in [-0.3, -0.25) is 24.8 Å². The number of rotatable bonds is 5. The molecule has 2 saturated heterocycles. The molecule has 162 valence electrons. The van der Waals surface area contributed by atoms with E-state index in [1.54, 1.807) is 4.90 Å². The number of hydrogen-bond acceptors (Lipinski definition) is 7. The van der Waals surface area contributed by atoms with Gasteiger partial charge in [-0.05, 0) is 17.5 Å². The summed E-state index contributed by atoms with van der Waals surface area (Å²) in [5.41, 5.74) is 2.41. The van der Waals surface area contributed by atoms with Gasteiger partial charge >= 0.3 is 0 Å². The van der Waals surface area contributed by atoms with Gasteiger partial charge in [-0.25, -0.2) is 0 Å². The van der Waals surface area contributed by atoms with Gasteiger partial charge in [0, 0.05) is 57.3 Å². The Morgan fingerprint density at radius 1 is 1.16 bits per heavy atom. The molecule has 10 nitrogen and oxygen atoms in total. The van der Waals surface area contributed by atoms with Crippen molar-refractivity contribution in [3.63, 3.8) is 0 Å². The first-order valence-electron chi connectivity index (χ1n) is 10.6. The molecule has 3 aliphatic heterocycles. The molecule has 3 aliphatic rings. The van der Waals surface area contributed by atoms with Crippen LogP contribution in [-0.2, 0) is 22.7 Å². The summed E-state index contributed by atoms with van der Waals surface area (Å²) in [6, 6.07) is 7.14. The average Bonchev–Trinajstić information content (AvgIpc) is 3.38. The molecular formula is C21H25N7O3. The molecule has 0 saturated carbocycles. The molecule has 10 heteroatoms. The zero-order valence-corrected chi connectivity index (χ0v) is 17.1. The highest BCUT2D eigenvalue weighted by molar-refractivity contribution is 6.06. The minimum absolute atomic E-state index is 0.159. The molecule has 1 aromatic heterocycles. The molecule has 4 N–H and O–H groups in total. The number of nitrogens with zero attached hydrogens (tertiary/aromatic N) is 3. The molecular weight excluding hydrogens is 398 g/mol. The molecule has 5 rings (SSSR count). The van der Waals surface area contributed by atoms with Crippen molar-refractivity contribution in [3.05, 3.63) is 41.0 Å². The van der Waals surface area contributed by atoms with E-state index in [0.29, 0.717) is 25.1 Å². The monoisotopic (exact) mass is 423 g/mol. The van der Waals surface area contributed by atoms with Crippen molar-refractivity contribution in [1.82, 2.24) is 25.7 Å². The summed E-state index contributed by atoms with van der Waals surface area (Å²) >= 11 is 0. The third kappa shape index (κ3) is 3.74. The quantitative estimate of drug-likeness (QED) is 0.507. The van der Waals surface area contributed by atoms with Crippen LogP contribution in [0.4, 0.5) is 11.6 Å². The number of H-pyrrole nitrogens is 1. The summed E-state index contributed by atoms with van der Waals surface area (Å²) in [6.45, 7) is 4.56. The number of anilines is 2. The number of nitrogens with one attached hydrogen (secondary N) is 4. The molecule has 1 atom stereocenters. The zero-order chi connectivity index (χ0) is 21.4. The normalized spacial score (nSPS) is 21.3. The number of fused-ring (bicyclic) bond motifs is 1. The number of piperidine rings is 1. The summed E-state index contributed by atoms with van der Waals surface area (Å²) < 4.78 is 0. The predicted molar refractivity (Wildman–Crippen MR) is 113 cm³/mol. The molecule has 1 unspecified atom stereocenters. The minimum Gasteiger partial charge on any atom is -0.366 e. The molecule has 3 amide bonds. The fourth-order valence-corrected chi connectivity index (χ4v) is 4.49. The summed E-state index contributed by atoms with van der Waals surface area (Å²) in [4.78, 5) is 40.7. The fraction of sp³-hybridized carbons (Fsp3) is 0.429. The van der Waals surface area contributed by atoms with E-state index in [-0.39, 0.29) is 18.2 Å². The highest BCUT2D eigenvalue weighted by Gasteiger charge is 2.39. The maximum absolute atomic E-state index is 13.2.